The Hall–Kier alpha value is -0.860. The molecule has 100 valence electrons. The van der Waals surface area contributed by atoms with Gasteiger partial charge in [-0.1, -0.05) is 38.1 Å². The lowest BCUT2D eigenvalue weighted by atomic mass is 10.0. The van der Waals surface area contributed by atoms with Gasteiger partial charge in [-0.25, -0.2) is 0 Å². The van der Waals surface area contributed by atoms with Gasteiger partial charge in [0.05, 0.1) is 0 Å². The summed E-state index contributed by atoms with van der Waals surface area (Å²) in [7, 11) is 0. The van der Waals surface area contributed by atoms with E-state index in [0.717, 1.165) is 13.1 Å². The second-order valence-electron chi connectivity index (χ2n) is 6.04. The van der Waals surface area contributed by atoms with E-state index in [0.29, 0.717) is 17.9 Å². The van der Waals surface area contributed by atoms with Gasteiger partial charge in [-0.15, -0.1) is 0 Å². The molecule has 0 spiro atoms. The van der Waals surface area contributed by atoms with Crippen molar-refractivity contribution in [1.29, 1.82) is 0 Å². The monoisotopic (exact) mass is 246 g/mol. The number of benzene rings is 1. The van der Waals surface area contributed by atoms with Crippen molar-refractivity contribution in [2.24, 2.45) is 11.7 Å². The van der Waals surface area contributed by atoms with Crippen LogP contribution < -0.4 is 5.73 Å². The first-order chi connectivity index (χ1) is 8.56. The molecule has 2 rings (SSSR count). The Labute approximate surface area is 111 Å². The normalized spacial score (nSPS) is 22.6. The molecule has 0 aromatic heterocycles. The number of hydrogen-bond acceptors (Lipinski definition) is 2. The molecular formula is C16H26N2. The van der Waals surface area contributed by atoms with E-state index < -0.39 is 0 Å². The third-order valence-corrected chi connectivity index (χ3v) is 4.10. The van der Waals surface area contributed by atoms with Crippen LogP contribution in [0.15, 0.2) is 24.3 Å². The third kappa shape index (κ3) is 3.33. The molecule has 0 amide bonds. The first-order valence-electron chi connectivity index (χ1n) is 7.13. The summed E-state index contributed by atoms with van der Waals surface area (Å²) in [5.41, 5.74) is 8.83. The van der Waals surface area contributed by atoms with Gasteiger partial charge in [0.15, 0.2) is 0 Å². The van der Waals surface area contributed by atoms with E-state index in [1.807, 2.05) is 0 Å². The number of nitrogens with zero attached hydrogens (tertiary/aromatic N) is 1. The summed E-state index contributed by atoms with van der Waals surface area (Å²) in [5.74, 6) is 1.30. The molecule has 1 saturated heterocycles. The molecule has 2 nitrogen and oxygen atoms in total. The van der Waals surface area contributed by atoms with Crippen molar-refractivity contribution in [3.63, 3.8) is 0 Å². The molecule has 1 aliphatic heterocycles. The third-order valence-electron chi connectivity index (χ3n) is 4.10. The zero-order valence-electron chi connectivity index (χ0n) is 11.9. The van der Waals surface area contributed by atoms with E-state index in [1.54, 1.807) is 0 Å². The van der Waals surface area contributed by atoms with Gasteiger partial charge in [0, 0.05) is 19.1 Å². The summed E-state index contributed by atoms with van der Waals surface area (Å²) in [5, 5.41) is 0. The average Bonchev–Trinajstić information content (AvgIpc) is 2.78. The largest absolute Gasteiger partial charge is 0.328 e. The van der Waals surface area contributed by atoms with Gasteiger partial charge in [0.1, 0.15) is 0 Å². The summed E-state index contributed by atoms with van der Waals surface area (Å²) in [6, 6.07) is 9.40. The van der Waals surface area contributed by atoms with Crippen LogP contribution in [0, 0.1) is 5.92 Å². The lowest BCUT2D eigenvalue weighted by molar-refractivity contribution is 0.308. The Morgan fingerprint density at radius 2 is 1.89 bits per heavy atom. The van der Waals surface area contributed by atoms with Crippen molar-refractivity contribution >= 4 is 0 Å². The Kier molecular flexibility index (Phi) is 4.41. The van der Waals surface area contributed by atoms with E-state index in [1.165, 1.54) is 24.1 Å². The second kappa shape index (κ2) is 5.85. The van der Waals surface area contributed by atoms with Crippen LogP contribution in [0.1, 0.15) is 44.2 Å². The van der Waals surface area contributed by atoms with Crippen LogP contribution in [-0.4, -0.2) is 24.0 Å². The predicted molar refractivity (Wildman–Crippen MR) is 77.6 cm³/mol. The second-order valence-corrected chi connectivity index (χ2v) is 6.04. The highest BCUT2D eigenvalue weighted by atomic mass is 15.1. The molecule has 0 bridgehead atoms. The quantitative estimate of drug-likeness (QED) is 0.885. The summed E-state index contributed by atoms with van der Waals surface area (Å²) in [6.07, 6.45) is 1.25. The van der Waals surface area contributed by atoms with Crippen molar-refractivity contribution in [2.45, 2.75) is 45.7 Å². The lowest BCUT2D eigenvalue weighted by Gasteiger charge is -2.18. The zero-order valence-corrected chi connectivity index (χ0v) is 11.9. The highest BCUT2D eigenvalue weighted by Gasteiger charge is 2.24. The fourth-order valence-electron chi connectivity index (χ4n) is 2.70. The van der Waals surface area contributed by atoms with Crippen LogP contribution in [0.2, 0.25) is 0 Å². The minimum absolute atomic E-state index is 0.332. The SMILES string of the molecule is CC(C)c1ccc(CN2CCC(C(C)N)C2)cc1. The molecule has 1 aliphatic rings. The fraction of sp³-hybridized carbons (Fsp3) is 0.625. The van der Waals surface area contributed by atoms with Crippen LogP contribution in [0.5, 0.6) is 0 Å². The van der Waals surface area contributed by atoms with Crippen molar-refractivity contribution in [3.05, 3.63) is 35.4 Å². The van der Waals surface area contributed by atoms with Crippen molar-refractivity contribution in [3.8, 4) is 0 Å². The lowest BCUT2D eigenvalue weighted by Crippen LogP contribution is -2.29. The van der Waals surface area contributed by atoms with Crippen LogP contribution >= 0.6 is 0 Å². The molecule has 1 aromatic rings. The number of nitrogens with two attached hydrogens (primary N) is 1. The van der Waals surface area contributed by atoms with E-state index in [2.05, 4.69) is 49.9 Å². The Balaban J connectivity index is 1.90. The van der Waals surface area contributed by atoms with Crippen molar-refractivity contribution in [1.82, 2.24) is 4.90 Å². The number of rotatable bonds is 4. The van der Waals surface area contributed by atoms with Gasteiger partial charge >= 0.3 is 0 Å². The minimum atomic E-state index is 0.332. The van der Waals surface area contributed by atoms with Crippen LogP contribution in [0.4, 0.5) is 0 Å². The molecule has 1 fully saturated rings. The van der Waals surface area contributed by atoms with Gasteiger partial charge in [0.25, 0.3) is 0 Å². The first kappa shape index (κ1) is 13.6. The molecule has 0 aliphatic carbocycles. The van der Waals surface area contributed by atoms with Crippen molar-refractivity contribution < 1.29 is 0 Å². The van der Waals surface area contributed by atoms with E-state index >= 15 is 0 Å². The van der Waals surface area contributed by atoms with E-state index in [4.69, 9.17) is 5.73 Å². The topological polar surface area (TPSA) is 29.3 Å². The molecule has 2 atom stereocenters. The molecule has 2 unspecified atom stereocenters. The van der Waals surface area contributed by atoms with E-state index in [9.17, 15) is 0 Å². The summed E-state index contributed by atoms with van der Waals surface area (Å²) < 4.78 is 0. The fourth-order valence-corrected chi connectivity index (χ4v) is 2.70. The molecular weight excluding hydrogens is 220 g/mol. The van der Waals surface area contributed by atoms with Crippen LogP contribution in [0.3, 0.4) is 0 Å². The van der Waals surface area contributed by atoms with Gasteiger partial charge < -0.3 is 5.73 Å². The van der Waals surface area contributed by atoms with Crippen molar-refractivity contribution in [2.75, 3.05) is 13.1 Å². The Morgan fingerprint density at radius 1 is 1.22 bits per heavy atom. The predicted octanol–water partition coefficient (Wildman–Crippen LogP) is 2.98. The summed E-state index contributed by atoms with van der Waals surface area (Å²) in [6.45, 7) is 10.0. The van der Waals surface area contributed by atoms with Gasteiger partial charge in [-0.3, -0.25) is 4.90 Å². The van der Waals surface area contributed by atoms with Gasteiger partial charge in [0.2, 0.25) is 0 Å². The Bertz CT molecular complexity index is 367. The highest BCUT2D eigenvalue weighted by molar-refractivity contribution is 5.24. The molecule has 2 heteroatoms. The van der Waals surface area contributed by atoms with Crippen LogP contribution in [-0.2, 0) is 6.54 Å². The van der Waals surface area contributed by atoms with Gasteiger partial charge in [-0.2, -0.15) is 0 Å². The maximum atomic E-state index is 5.98. The van der Waals surface area contributed by atoms with Gasteiger partial charge in [-0.05, 0) is 42.9 Å². The molecule has 0 saturated carbocycles. The number of likely N-dealkylation sites (tertiary alicyclic amines) is 1. The molecule has 1 aromatic carbocycles. The standard InChI is InChI=1S/C16H26N2/c1-12(2)15-6-4-14(5-7-15)10-18-9-8-16(11-18)13(3)17/h4-7,12-13,16H,8-11,17H2,1-3H3. The maximum absolute atomic E-state index is 5.98. The zero-order chi connectivity index (χ0) is 13.1. The maximum Gasteiger partial charge on any atom is 0.0233 e. The minimum Gasteiger partial charge on any atom is -0.328 e. The molecule has 2 N–H and O–H groups in total. The number of hydrogen-bond donors (Lipinski definition) is 1. The smallest absolute Gasteiger partial charge is 0.0233 e. The highest BCUT2D eigenvalue weighted by Crippen LogP contribution is 2.21. The first-order valence-corrected chi connectivity index (χ1v) is 7.13. The average molecular weight is 246 g/mol. The molecule has 0 radical (unpaired) electrons. The summed E-state index contributed by atoms with van der Waals surface area (Å²) in [4.78, 5) is 2.53. The molecule has 1 heterocycles. The Morgan fingerprint density at radius 3 is 2.39 bits per heavy atom. The van der Waals surface area contributed by atoms with Crippen LogP contribution in [0.25, 0.3) is 0 Å². The summed E-state index contributed by atoms with van der Waals surface area (Å²) >= 11 is 0. The molecule has 18 heavy (non-hydrogen) atoms. The van der Waals surface area contributed by atoms with E-state index in [-0.39, 0.29) is 0 Å².